The molecule has 0 saturated carbocycles. The number of nitrogens with one attached hydrogen (secondary N) is 2. The van der Waals surface area contributed by atoms with E-state index in [-0.39, 0.29) is 6.09 Å². The van der Waals surface area contributed by atoms with Gasteiger partial charge in [0.05, 0.1) is 18.3 Å². The first kappa shape index (κ1) is 25.0. The van der Waals surface area contributed by atoms with Crippen molar-refractivity contribution in [1.29, 1.82) is 0 Å². The maximum absolute atomic E-state index is 12.4. The SMILES string of the molecule is CCNC(=NCC(CC)(CC)NC(=O)OC(C)(C)C)N1CCC(Cc2cnn(C)c2)C1. The van der Waals surface area contributed by atoms with Crippen LogP contribution in [0.3, 0.4) is 0 Å². The third-order valence-corrected chi connectivity index (χ3v) is 5.85. The van der Waals surface area contributed by atoms with Crippen molar-refractivity contribution in [2.75, 3.05) is 26.2 Å². The van der Waals surface area contributed by atoms with Gasteiger partial charge in [-0.25, -0.2) is 4.79 Å². The smallest absolute Gasteiger partial charge is 0.408 e. The molecule has 0 aliphatic carbocycles. The highest BCUT2D eigenvalue weighted by atomic mass is 16.6. The van der Waals surface area contributed by atoms with Crippen molar-refractivity contribution >= 4 is 12.1 Å². The Morgan fingerprint density at radius 1 is 1.29 bits per heavy atom. The minimum absolute atomic E-state index is 0.380. The second kappa shape index (κ2) is 10.9. The molecule has 0 aromatic carbocycles. The number of aliphatic imine (C=N–C) groups is 1. The lowest BCUT2D eigenvalue weighted by atomic mass is 9.93. The van der Waals surface area contributed by atoms with Gasteiger partial charge in [-0.15, -0.1) is 0 Å². The number of guanidine groups is 1. The van der Waals surface area contributed by atoms with Crippen LogP contribution in [0.2, 0.25) is 0 Å². The molecule has 176 valence electrons. The van der Waals surface area contributed by atoms with Crippen molar-refractivity contribution in [3.05, 3.63) is 18.0 Å². The fourth-order valence-corrected chi connectivity index (χ4v) is 3.96. The molecule has 1 unspecified atom stereocenters. The largest absolute Gasteiger partial charge is 0.444 e. The molecule has 1 atom stereocenters. The Balaban J connectivity index is 2.04. The zero-order valence-electron chi connectivity index (χ0n) is 20.5. The molecule has 8 heteroatoms. The monoisotopic (exact) mass is 434 g/mol. The Labute approximate surface area is 187 Å². The lowest BCUT2D eigenvalue weighted by Crippen LogP contribution is -2.52. The Morgan fingerprint density at radius 3 is 2.55 bits per heavy atom. The second-order valence-corrected chi connectivity index (χ2v) is 9.61. The summed E-state index contributed by atoms with van der Waals surface area (Å²) in [4.78, 5) is 19.7. The number of carbonyl (C=O) groups excluding carboxylic acids is 1. The quantitative estimate of drug-likeness (QED) is 0.484. The topological polar surface area (TPSA) is 83.8 Å². The molecule has 2 heterocycles. The molecule has 0 spiro atoms. The first-order valence-corrected chi connectivity index (χ1v) is 11.6. The van der Waals surface area contributed by atoms with Gasteiger partial charge in [0.2, 0.25) is 0 Å². The van der Waals surface area contributed by atoms with E-state index in [9.17, 15) is 4.79 Å². The minimum atomic E-state index is -0.520. The van der Waals surface area contributed by atoms with Crippen LogP contribution in [0, 0.1) is 5.92 Å². The summed E-state index contributed by atoms with van der Waals surface area (Å²) < 4.78 is 7.35. The van der Waals surface area contributed by atoms with Crippen LogP contribution in [0.15, 0.2) is 17.4 Å². The Morgan fingerprint density at radius 2 is 2.00 bits per heavy atom. The average Bonchev–Trinajstić information content (AvgIpc) is 3.31. The fourth-order valence-electron chi connectivity index (χ4n) is 3.96. The number of likely N-dealkylation sites (tertiary alicyclic amines) is 1. The average molecular weight is 435 g/mol. The van der Waals surface area contributed by atoms with E-state index in [2.05, 4.69) is 47.6 Å². The van der Waals surface area contributed by atoms with Gasteiger partial charge in [-0.1, -0.05) is 13.8 Å². The molecule has 0 bridgehead atoms. The molecule has 2 N–H and O–H groups in total. The number of amides is 1. The summed E-state index contributed by atoms with van der Waals surface area (Å²) in [7, 11) is 1.96. The fraction of sp³-hybridized carbons (Fsp3) is 0.783. The van der Waals surface area contributed by atoms with Crippen LogP contribution >= 0.6 is 0 Å². The first-order valence-electron chi connectivity index (χ1n) is 11.6. The molecule has 31 heavy (non-hydrogen) atoms. The van der Waals surface area contributed by atoms with Crippen molar-refractivity contribution in [2.45, 2.75) is 78.4 Å². The minimum Gasteiger partial charge on any atom is -0.444 e. The van der Waals surface area contributed by atoms with E-state index in [1.807, 2.05) is 38.7 Å². The molecule has 1 aliphatic rings. The van der Waals surface area contributed by atoms with Crippen LogP contribution in [-0.2, 0) is 18.2 Å². The van der Waals surface area contributed by atoms with E-state index in [4.69, 9.17) is 9.73 Å². The van der Waals surface area contributed by atoms with Gasteiger partial charge >= 0.3 is 6.09 Å². The van der Waals surface area contributed by atoms with Crippen molar-refractivity contribution in [3.63, 3.8) is 0 Å². The summed E-state index contributed by atoms with van der Waals surface area (Å²) in [6, 6.07) is 0. The number of nitrogens with zero attached hydrogens (tertiary/aromatic N) is 4. The van der Waals surface area contributed by atoms with Gasteiger partial charge in [0.15, 0.2) is 5.96 Å². The number of aromatic nitrogens is 2. The third kappa shape index (κ3) is 7.74. The van der Waals surface area contributed by atoms with Crippen LogP contribution < -0.4 is 10.6 Å². The Kier molecular flexibility index (Phi) is 8.77. The molecule has 1 aromatic rings. The van der Waals surface area contributed by atoms with Crippen LogP contribution in [0.4, 0.5) is 4.79 Å². The molecule has 1 aliphatic heterocycles. The lowest BCUT2D eigenvalue weighted by Gasteiger charge is -2.33. The Bertz CT molecular complexity index is 733. The molecule has 1 aromatic heterocycles. The van der Waals surface area contributed by atoms with Gasteiger partial charge in [0.1, 0.15) is 5.60 Å². The van der Waals surface area contributed by atoms with E-state index in [1.165, 1.54) is 5.56 Å². The summed E-state index contributed by atoms with van der Waals surface area (Å²) in [5.41, 5.74) is 0.348. The van der Waals surface area contributed by atoms with E-state index in [1.54, 1.807) is 0 Å². The van der Waals surface area contributed by atoms with E-state index >= 15 is 0 Å². The summed E-state index contributed by atoms with van der Waals surface area (Å²) >= 11 is 0. The number of carbonyl (C=O) groups is 1. The first-order chi connectivity index (χ1) is 14.6. The molecule has 8 nitrogen and oxygen atoms in total. The van der Waals surface area contributed by atoms with Crippen LogP contribution in [0.1, 0.15) is 66.4 Å². The predicted molar refractivity (Wildman–Crippen MR) is 125 cm³/mol. The number of hydrogen-bond donors (Lipinski definition) is 2. The highest BCUT2D eigenvalue weighted by molar-refractivity contribution is 5.80. The molecule has 1 fully saturated rings. The van der Waals surface area contributed by atoms with E-state index in [0.29, 0.717) is 12.5 Å². The molecule has 1 amide bonds. The van der Waals surface area contributed by atoms with E-state index < -0.39 is 11.1 Å². The zero-order chi connectivity index (χ0) is 23.1. The second-order valence-electron chi connectivity index (χ2n) is 9.61. The van der Waals surface area contributed by atoms with Crippen LogP contribution in [0.5, 0.6) is 0 Å². The van der Waals surface area contributed by atoms with Gasteiger partial charge in [-0.2, -0.15) is 5.10 Å². The summed E-state index contributed by atoms with van der Waals surface area (Å²) in [6.45, 7) is 15.2. The molecular weight excluding hydrogens is 392 g/mol. The van der Waals surface area contributed by atoms with Crippen LogP contribution in [-0.4, -0.2) is 64.1 Å². The summed E-state index contributed by atoms with van der Waals surface area (Å²) in [6.07, 6.45) is 7.43. The van der Waals surface area contributed by atoms with Gasteiger partial charge in [0.25, 0.3) is 0 Å². The van der Waals surface area contributed by atoms with Gasteiger partial charge in [0, 0.05) is 32.9 Å². The molecular formula is C23H42N6O2. The highest BCUT2D eigenvalue weighted by Gasteiger charge is 2.31. The standard InChI is InChI=1S/C23H42N6O2/c1-8-23(9-2,27-21(30)31-22(4,5)6)17-25-20(24-10-3)29-12-11-18(16-29)13-19-14-26-28(7)15-19/h14-15,18H,8-13,16-17H2,1-7H3,(H,24,25)(H,27,30). The number of aryl methyl sites for hydroxylation is 1. The normalized spacial score (nSPS) is 17.7. The maximum Gasteiger partial charge on any atom is 0.408 e. The van der Waals surface area contributed by atoms with Crippen molar-refractivity contribution in [2.24, 2.45) is 18.0 Å². The zero-order valence-corrected chi connectivity index (χ0v) is 20.5. The Hall–Kier alpha value is -2.25. The summed E-state index contributed by atoms with van der Waals surface area (Å²) in [5, 5.41) is 10.8. The van der Waals surface area contributed by atoms with E-state index in [0.717, 1.165) is 51.3 Å². The van der Waals surface area contributed by atoms with Gasteiger partial charge in [-0.05, 0) is 64.9 Å². The summed E-state index contributed by atoms with van der Waals surface area (Å²) in [5.74, 6) is 1.52. The van der Waals surface area contributed by atoms with Crippen molar-refractivity contribution < 1.29 is 9.53 Å². The van der Waals surface area contributed by atoms with Crippen molar-refractivity contribution in [3.8, 4) is 0 Å². The predicted octanol–water partition coefficient (Wildman–Crippen LogP) is 3.33. The molecule has 0 radical (unpaired) electrons. The molecule has 2 rings (SSSR count). The van der Waals surface area contributed by atoms with Gasteiger partial charge < -0.3 is 20.3 Å². The highest BCUT2D eigenvalue weighted by Crippen LogP contribution is 2.22. The number of ether oxygens (including phenoxy) is 1. The number of rotatable bonds is 8. The molecule has 1 saturated heterocycles. The van der Waals surface area contributed by atoms with Gasteiger partial charge in [-0.3, -0.25) is 9.67 Å². The maximum atomic E-state index is 12.4. The third-order valence-electron chi connectivity index (χ3n) is 5.85. The van der Waals surface area contributed by atoms with Crippen molar-refractivity contribution in [1.82, 2.24) is 25.3 Å². The lowest BCUT2D eigenvalue weighted by molar-refractivity contribution is 0.0451. The number of alkyl carbamates (subject to hydrolysis) is 1. The van der Waals surface area contributed by atoms with Crippen LogP contribution in [0.25, 0.3) is 0 Å². The number of hydrogen-bond acceptors (Lipinski definition) is 4.